The summed E-state index contributed by atoms with van der Waals surface area (Å²) in [7, 11) is 0. The van der Waals surface area contributed by atoms with Crippen LogP contribution in [-0.4, -0.2) is 4.83 Å². The van der Waals surface area contributed by atoms with Crippen LogP contribution in [0, 0.1) is 0 Å². The molecule has 1 rings (SSSR count). The van der Waals surface area contributed by atoms with Crippen molar-refractivity contribution in [2.24, 2.45) is 0 Å². The van der Waals surface area contributed by atoms with Gasteiger partial charge in [-0.3, -0.25) is 0 Å². The summed E-state index contributed by atoms with van der Waals surface area (Å²) < 4.78 is 0. The third kappa shape index (κ3) is 6.08. The zero-order valence-corrected chi connectivity index (χ0v) is 11.1. The van der Waals surface area contributed by atoms with E-state index in [-0.39, 0.29) is 0 Å². The maximum absolute atomic E-state index is 6.14. The van der Waals surface area contributed by atoms with Crippen molar-refractivity contribution in [3.8, 4) is 0 Å². The molecule has 82 valence electrons. The van der Waals surface area contributed by atoms with Crippen LogP contribution < -0.4 is 0 Å². The molecule has 0 nitrogen and oxygen atoms in total. The average Bonchev–Trinajstić information content (AvgIpc) is 2.13. The van der Waals surface area contributed by atoms with Gasteiger partial charge in [0, 0.05) is 9.86 Å². The summed E-state index contributed by atoms with van der Waals surface area (Å²) >= 11 is 9.80. The van der Waals surface area contributed by atoms with Crippen molar-refractivity contribution in [3.63, 3.8) is 0 Å². The van der Waals surface area contributed by atoms with E-state index in [1.54, 1.807) is 0 Å². The monoisotopic (exact) mass is 278 g/mol. The van der Waals surface area contributed by atoms with Gasteiger partial charge in [-0.1, -0.05) is 72.1 Å². The van der Waals surface area contributed by atoms with Crippen LogP contribution in [-0.2, 0) is 0 Å². The molecule has 2 heteroatoms. The second-order valence-electron chi connectivity index (χ2n) is 4.14. The molecule has 1 aliphatic carbocycles. The van der Waals surface area contributed by atoms with Crippen molar-refractivity contribution in [1.82, 2.24) is 0 Å². The highest BCUT2D eigenvalue weighted by Crippen LogP contribution is 2.22. The zero-order chi connectivity index (χ0) is 10.2. The molecule has 0 aromatic carbocycles. The van der Waals surface area contributed by atoms with E-state index in [1.165, 1.54) is 51.4 Å². The first kappa shape index (κ1) is 12.6. The molecule has 0 bridgehead atoms. The molecule has 1 unspecified atom stereocenters. The Labute approximate surface area is 101 Å². The number of hydrogen-bond acceptors (Lipinski definition) is 0. The first-order valence-electron chi connectivity index (χ1n) is 5.79. The van der Waals surface area contributed by atoms with Crippen LogP contribution in [0.1, 0.15) is 57.8 Å². The van der Waals surface area contributed by atoms with Gasteiger partial charge in [-0.15, -0.1) is 0 Å². The highest BCUT2D eigenvalue weighted by Gasteiger charge is 2.03. The fourth-order valence-electron chi connectivity index (χ4n) is 1.88. The van der Waals surface area contributed by atoms with Crippen LogP contribution in [0.15, 0.2) is 11.1 Å². The molecule has 0 N–H and O–H groups in total. The minimum atomic E-state index is 0.495. The standard InChI is InChI=1S/C12H20BrCl/c13-11-8-6-4-2-1-3-5-7-9-12(14)10-11/h10-11H,1-9H2. The zero-order valence-electron chi connectivity index (χ0n) is 8.77. The molecular weight excluding hydrogens is 259 g/mol. The van der Waals surface area contributed by atoms with Crippen molar-refractivity contribution in [1.29, 1.82) is 0 Å². The van der Waals surface area contributed by atoms with Gasteiger partial charge in [-0.2, -0.15) is 0 Å². The Morgan fingerprint density at radius 3 is 2.29 bits per heavy atom. The second-order valence-corrected chi connectivity index (χ2v) is 5.80. The van der Waals surface area contributed by atoms with E-state index in [9.17, 15) is 0 Å². The van der Waals surface area contributed by atoms with Gasteiger partial charge in [0.05, 0.1) is 0 Å². The van der Waals surface area contributed by atoms with Crippen molar-refractivity contribution < 1.29 is 0 Å². The molecule has 1 aliphatic rings. The SMILES string of the molecule is ClC1=CC(Br)CCCCCCCCC1. The van der Waals surface area contributed by atoms with Gasteiger partial charge < -0.3 is 0 Å². The van der Waals surface area contributed by atoms with Crippen molar-refractivity contribution in [2.75, 3.05) is 0 Å². The largest absolute Gasteiger partial charge is 0.0895 e. The van der Waals surface area contributed by atoms with Gasteiger partial charge in [0.2, 0.25) is 0 Å². The van der Waals surface area contributed by atoms with Crippen molar-refractivity contribution in [2.45, 2.75) is 62.6 Å². The van der Waals surface area contributed by atoms with Crippen LogP contribution in [0.3, 0.4) is 0 Å². The summed E-state index contributed by atoms with van der Waals surface area (Å²) in [4.78, 5) is 0.495. The van der Waals surface area contributed by atoms with E-state index in [0.29, 0.717) is 4.83 Å². The number of alkyl halides is 1. The molecule has 0 saturated heterocycles. The third-order valence-corrected chi connectivity index (χ3v) is 3.79. The van der Waals surface area contributed by atoms with E-state index in [0.717, 1.165) is 11.5 Å². The van der Waals surface area contributed by atoms with E-state index >= 15 is 0 Å². The van der Waals surface area contributed by atoms with E-state index in [4.69, 9.17) is 11.6 Å². The first-order valence-corrected chi connectivity index (χ1v) is 7.08. The predicted molar refractivity (Wildman–Crippen MR) is 68.2 cm³/mol. The molecule has 0 heterocycles. The van der Waals surface area contributed by atoms with Crippen molar-refractivity contribution >= 4 is 27.5 Å². The normalized spacial score (nSPS) is 27.3. The summed E-state index contributed by atoms with van der Waals surface area (Å²) in [6.07, 6.45) is 14.0. The Balaban J connectivity index is 2.36. The average molecular weight is 280 g/mol. The van der Waals surface area contributed by atoms with Crippen LogP contribution in [0.5, 0.6) is 0 Å². The molecule has 0 saturated carbocycles. The maximum Gasteiger partial charge on any atom is 0.0339 e. The van der Waals surface area contributed by atoms with Gasteiger partial charge in [0.25, 0.3) is 0 Å². The smallest absolute Gasteiger partial charge is 0.0339 e. The van der Waals surface area contributed by atoms with Gasteiger partial charge >= 0.3 is 0 Å². The summed E-state index contributed by atoms with van der Waals surface area (Å²) in [5.74, 6) is 0. The number of allylic oxidation sites excluding steroid dienone is 2. The van der Waals surface area contributed by atoms with Crippen LogP contribution in [0.2, 0.25) is 0 Å². The van der Waals surface area contributed by atoms with Crippen LogP contribution in [0.25, 0.3) is 0 Å². The maximum atomic E-state index is 6.14. The second kappa shape index (κ2) is 7.76. The summed E-state index contributed by atoms with van der Waals surface area (Å²) in [6, 6.07) is 0. The van der Waals surface area contributed by atoms with Crippen molar-refractivity contribution in [3.05, 3.63) is 11.1 Å². The minimum absolute atomic E-state index is 0.495. The summed E-state index contributed by atoms with van der Waals surface area (Å²) in [5, 5.41) is 1.05. The van der Waals surface area contributed by atoms with Crippen LogP contribution in [0.4, 0.5) is 0 Å². The Hall–Kier alpha value is 0.510. The van der Waals surface area contributed by atoms with E-state index in [2.05, 4.69) is 22.0 Å². The minimum Gasteiger partial charge on any atom is -0.0895 e. The predicted octanol–water partition coefficient (Wildman–Crippen LogP) is 5.40. The Morgan fingerprint density at radius 1 is 1.00 bits per heavy atom. The molecule has 0 spiro atoms. The van der Waals surface area contributed by atoms with Gasteiger partial charge in [0.15, 0.2) is 0 Å². The molecule has 0 aromatic heterocycles. The molecule has 1 atom stereocenters. The number of rotatable bonds is 0. The fourth-order valence-corrected chi connectivity index (χ4v) is 2.96. The molecule has 0 aromatic rings. The third-order valence-electron chi connectivity index (χ3n) is 2.76. The fraction of sp³-hybridized carbons (Fsp3) is 0.833. The highest BCUT2D eigenvalue weighted by atomic mass is 79.9. The Kier molecular flexibility index (Phi) is 6.97. The van der Waals surface area contributed by atoms with E-state index in [1.807, 2.05) is 0 Å². The highest BCUT2D eigenvalue weighted by molar-refractivity contribution is 9.09. The Bertz CT molecular complexity index is 177. The molecule has 0 fully saturated rings. The number of halogens is 2. The topological polar surface area (TPSA) is 0 Å². The van der Waals surface area contributed by atoms with Crippen LogP contribution >= 0.6 is 27.5 Å². The first-order chi connectivity index (χ1) is 6.79. The Morgan fingerprint density at radius 2 is 1.57 bits per heavy atom. The number of hydrogen-bond donors (Lipinski definition) is 0. The quantitative estimate of drug-likeness (QED) is 0.521. The molecular formula is C12H20BrCl. The molecule has 0 amide bonds. The lowest BCUT2D eigenvalue weighted by atomic mass is 10.0. The lowest BCUT2D eigenvalue weighted by Gasteiger charge is -2.08. The molecule has 0 radical (unpaired) electrons. The molecule has 0 aliphatic heterocycles. The van der Waals surface area contributed by atoms with Gasteiger partial charge in [0.1, 0.15) is 0 Å². The molecule has 14 heavy (non-hydrogen) atoms. The lowest BCUT2D eigenvalue weighted by Crippen LogP contribution is -1.95. The van der Waals surface area contributed by atoms with Gasteiger partial charge in [-0.25, -0.2) is 0 Å². The van der Waals surface area contributed by atoms with Gasteiger partial charge in [-0.05, 0) is 19.3 Å². The van der Waals surface area contributed by atoms with E-state index < -0.39 is 0 Å². The summed E-state index contributed by atoms with van der Waals surface area (Å²) in [5.41, 5.74) is 0. The lowest BCUT2D eigenvalue weighted by molar-refractivity contribution is 0.568. The summed E-state index contributed by atoms with van der Waals surface area (Å²) in [6.45, 7) is 0.